The quantitative estimate of drug-likeness (QED) is 0.505. The van der Waals surface area contributed by atoms with Crippen LogP contribution in [-0.2, 0) is 6.42 Å². The van der Waals surface area contributed by atoms with Gasteiger partial charge in [0.05, 0.1) is 17.4 Å². The fraction of sp³-hybridized carbons (Fsp3) is 0.308. The molecule has 164 valence electrons. The molecule has 1 aliphatic heterocycles. The van der Waals surface area contributed by atoms with E-state index in [0.717, 1.165) is 18.9 Å². The number of anilines is 3. The molecule has 1 fully saturated rings. The van der Waals surface area contributed by atoms with Gasteiger partial charge in [-0.3, -0.25) is 4.98 Å². The van der Waals surface area contributed by atoms with E-state index in [2.05, 4.69) is 70.0 Å². The van der Waals surface area contributed by atoms with Gasteiger partial charge in [-0.25, -0.2) is 4.79 Å². The third-order valence-electron chi connectivity index (χ3n) is 6.55. The standard InChI is InChI=1S/C26H28N4O2/c1-30(20-6-4-18(5-7-20)17-2-3-17)21-8-9-22-19(14-21)10-13-28-25(22)16-29-24-15-27-12-11-23(24)26(31)32/h4-9,11-12,14-15,17,25,28-29H,2-3,10,13,16H2,1H3,(H,31,32). The molecular formula is C26H28N4O2. The van der Waals surface area contributed by atoms with Crippen LogP contribution in [0.2, 0.25) is 0 Å². The van der Waals surface area contributed by atoms with Gasteiger partial charge in [-0.15, -0.1) is 0 Å². The summed E-state index contributed by atoms with van der Waals surface area (Å²) >= 11 is 0. The highest BCUT2D eigenvalue weighted by Gasteiger charge is 2.24. The fourth-order valence-electron chi connectivity index (χ4n) is 4.50. The number of hydrogen-bond donors (Lipinski definition) is 3. The normalized spacial score (nSPS) is 17.5. The van der Waals surface area contributed by atoms with Crippen LogP contribution in [0.5, 0.6) is 0 Å². The highest BCUT2D eigenvalue weighted by atomic mass is 16.4. The Kier molecular flexibility index (Phi) is 5.53. The molecular weight excluding hydrogens is 400 g/mol. The van der Waals surface area contributed by atoms with Crippen LogP contribution < -0.4 is 15.5 Å². The predicted octanol–water partition coefficient (Wildman–Crippen LogP) is 4.72. The molecule has 1 unspecified atom stereocenters. The Bertz CT molecular complexity index is 1120. The van der Waals surface area contributed by atoms with Crippen LogP contribution in [0.3, 0.4) is 0 Å². The maximum atomic E-state index is 11.5. The first-order chi connectivity index (χ1) is 15.6. The van der Waals surface area contributed by atoms with Gasteiger partial charge in [0.1, 0.15) is 0 Å². The van der Waals surface area contributed by atoms with Gasteiger partial charge in [0, 0.05) is 37.2 Å². The van der Waals surface area contributed by atoms with Crippen molar-refractivity contribution in [2.75, 3.05) is 30.4 Å². The number of carbonyl (C=O) groups is 1. The molecule has 2 heterocycles. The number of pyridine rings is 1. The lowest BCUT2D eigenvalue weighted by Crippen LogP contribution is -2.34. The zero-order valence-electron chi connectivity index (χ0n) is 18.2. The lowest BCUT2D eigenvalue weighted by molar-refractivity contribution is 0.0697. The summed E-state index contributed by atoms with van der Waals surface area (Å²) in [6.45, 7) is 1.48. The molecule has 0 bridgehead atoms. The average Bonchev–Trinajstić information content (AvgIpc) is 3.68. The third kappa shape index (κ3) is 4.18. The Balaban J connectivity index is 1.31. The lowest BCUT2D eigenvalue weighted by Gasteiger charge is -2.29. The van der Waals surface area contributed by atoms with Gasteiger partial charge in [0.15, 0.2) is 0 Å². The third-order valence-corrected chi connectivity index (χ3v) is 6.55. The monoisotopic (exact) mass is 428 g/mol. The Hall–Kier alpha value is -3.38. The van der Waals surface area contributed by atoms with Crippen molar-refractivity contribution >= 4 is 23.0 Å². The minimum atomic E-state index is -0.954. The number of nitrogens with zero attached hydrogens (tertiary/aromatic N) is 2. The Labute approximate surface area is 188 Å². The van der Waals surface area contributed by atoms with E-state index in [1.807, 2.05) is 0 Å². The summed E-state index contributed by atoms with van der Waals surface area (Å²) in [5.41, 5.74) is 7.19. The molecule has 0 amide bonds. The number of fused-ring (bicyclic) bond motifs is 1. The van der Waals surface area contributed by atoms with Gasteiger partial charge in [-0.1, -0.05) is 18.2 Å². The van der Waals surface area contributed by atoms with Crippen molar-refractivity contribution in [2.24, 2.45) is 0 Å². The van der Waals surface area contributed by atoms with E-state index < -0.39 is 5.97 Å². The Morgan fingerprint density at radius 1 is 1.16 bits per heavy atom. The first kappa shape index (κ1) is 20.5. The second-order valence-electron chi connectivity index (χ2n) is 8.67. The van der Waals surface area contributed by atoms with Crippen molar-refractivity contribution < 1.29 is 9.90 Å². The number of hydrogen-bond acceptors (Lipinski definition) is 5. The number of rotatable bonds is 7. The predicted molar refractivity (Wildman–Crippen MR) is 127 cm³/mol. The van der Waals surface area contributed by atoms with Crippen molar-refractivity contribution in [1.82, 2.24) is 10.3 Å². The maximum Gasteiger partial charge on any atom is 0.337 e. The molecule has 6 heteroatoms. The van der Waals surface area contributed by atoms with Crippen LogP contribution in [0.4, 0.5) is 17.1 Å². The average molecular weight is 429 g/mol. The molecule has 3 aromatic rings. The molecule has 0 spiro atoms. The van der Waals surface area contributed by atoms with Gasteiger partial charge in [-0.05, 0) is 78.7 Å². The summed E-state index contributed by atoms with van der Waals surface area (Å²) in [7, 11) is 2.11. The van der Waals surface area contributed by atoms with Gasteiger partial charge in [0.25, 0.3) is 0 Å². The summed E-state index contributed by atoms with van der Waals surface area (Å²) in [4.78, 5) is 17.8. The molecule has 0 radical (unpaired) electrons. The van der Waals surface area contributed by atoms with Crippen LogP contribution in [-0.4, -0.2) is 36.2 Å². The van der Waals surface area contributed by atoms with Gasteiger partial charge < -0.3 is 20.6 Å². The minimum Gasteiger partial charge on any atom is -0.478 e. The summed E-state index contributed by atoms with van der Waals surface area (Å²) < 4.78 is 0. The number of benzene rings is 2. The molecule has 5 rings (SSSR count). The van der Waals surface area contributed by atoms with Gasteiger partial charge in [-0.2, -0.15) is 0 Å². The highest BCUT2D eigenvalue weighted by Crippen LogP contribution is 2.40. The maximum absolute atomic E-state index is 11.5. The SMILES string of the molecule is CN(c1ccc(C2CC2)cc1)c1ccc2c(c1)CCNC2CNc1cnccc1C(=O)O. The van der Waals surface area contributed by atoms with Crippen molar-refractivity contribution in [3.05, 3.63) is 83.2 Å². The smallest absolute Gasteiger partial charge is 0.337 e. The molecule has 1 aromatic heterocycles. The van der Waals surface area contributed by atoms with Gasteiger partial charge >= 0.3 is 5.97 Å². The Morgan fingerprint density at radius 2 is 1.94 bits per heavy atom. The molecule has 1 saturated carbocycles. The molecule has 3 N–H and O–H groups in total. The zero-order valence-corrected chi connectivity index (χ0v) is 18.2. The highest BCUT2D eigenvalue weighted by molar-refractivity contribution is 5.93. The first-order valence-corrected chi connectivity index (χ1v) is 11.2. The second kappa shape index (κ2) is 8.63. The second-order valence-corrected chi connectivity index (χ2v) is 8.67. The number of carboxylic acid groups (broad SMARTS) is 1. The van der Waals surface area contributed by atoms with E-state index in [1.165, 1.54) is 53.2 Å². The number of carboxylic acids is 1. The molecule has 1 aliphatic carbocycles. The van der Waals surface area contributed by atoms with Crippen LogP contribution in [0.25, 0.3) is 0 Å². The van der Waals surface area contributed by atoms with E-state index in [-0.39, 0.29) is 11.6 Å². The molecule has 6 nitrogen and oxygen atoms in total. The van der Waals surface area contributed by atoms with Crippen molar-refractivity contribution in [2.45, 2.75) is 31.2 Å². The van der Waals surface area contributed by atoms with Crippen LogP contribution in [0.15, 0.2) is 60.9 Å². The molecule has 2 aliphatic rings. The lowest BCUT2D eigenvalue weighted by atomic mass is 9.93. The molecule has 0 saturated heterocycles. The zero-order chi connectivity index (χ0) is 22.1. The summed E-state index contributed by atoms with van der Waals surface area (Å²) in [5.74, 6) is -0.181. The van der Waals surface area contributed by atoms with Crippen molar-refractivity contribution in [3.63, 3.8) is 0 Å². The summed E-state index contributed by atoms with van der Waals surface area (Å²) in [5, 5.41) is 16.2. The molecule has 1 atom stereocenters. The molecule has 2 aromatic carbocycles. The largest absolute Gasteiger partial charge is 0.478 e. The summed E-state index contributed by atoms with van der Waals surface area (Å²) in [6.07, 6.45) is 6.69. The topological polar surface area (TPSA) is 77.5 Å². The van der Waals surface area contributed by atoms with Crippen LogP contribution in [0.1, 0.15) is 51.8 Å². The minimum absolute atomic E-state index is 0.109. The van der Waals surface area contributed by atoms with E-state index in [1.54, 1.807) is 6.20 Å². The van der Waals surface area contributed by atoms with E-state index in [4.69, 9.17) is 0 Å². The fourth-order valence-corrected chi connectivity index (χ4v) is 4.50. The van der Waals surface area contributed by atoms with Crippen LogP contribution >= 0.6 is 0 Å². The van der Waals surface area contributed by atoms with E-state index in [9.17, 15) is 9.90 Å². The Morgan fingerprint density at radius 3 is 2.69 bits per heavy atom. The van der Waals surface area contributed by atoms with Crippen molar-refractivity contribution in [1.29, 1.82) is 0 Å². The number of aromatic carboxylic acids is 1. The van der Waals surface area contributed by atoms with Gasteiger partial charge in [0.2, 0.25) is 0 Å². The molecule has 32 heavy (non-hydrogen) atoms. The summed E-state index contributed by atoms with van der Waals surface area (Å²) in [6, 6.07) is 17.2. The first-order valence-electron chi connectivity index (χ1n) is 11.2. The number of aromatic nitrogens is 1. The van der Waals surface area contributed by atoms with E-state index in [0.29, 0.717) is 12.2 Å². The van der Waals surface area contributed by atoms with Crippen LogP contribution in [0, 0.1) is 0 Å². The number of nitrogens with one attached hydrogen (secondary N) is 2. The van der Waals surface area contributed by atoms with E-state index >= 15 is 0 Å². The van der Waals surface area contributed by atoms with Crippen molar-refractivity contribution in [3.8, 4) is 0 Å².